The predicted octanol–water partition coefficient (Wildman–Crippen LogP) is 4.45. The molecule has 96 valence electrons. The molecule has 0 fully saturated rings. The predicted molar refractivity (Wildman–Crippen MR) is 73.6 cm³/mol. The first-order chi connectivity index (χ1) is 7.54. The normalized spacial score (nSPS) is 12.6. The molecular weight excluding hydrogens is 257 g/mol. The number of benzene rings is 1. The van der Waals surface area contributed by atoms with E-state index in [0.717, 1.165) is 0 Å². The van der Waals surface area contributed by atoms with Gasteiger partial charge in [0.15, 0.2) is 0 Å². The average molecular weight is 276 g/mol. The summed E-state index contributed by atoms with van der Waals surface area (Å²) in [5.41, 5.74) is 5.58. The third-order valence-electron chi connectivity index (χ3n) is 3.22. The van der Waals surface area contributed by atoms with Crippen molar-refractivity contribution in [2.24, 2.45) is 0 Å². The minimum atomic E-state index is -1.98. The number of hydrogen-bond acceptors (Lipinski definition) is 2. The lowest BCUT2D eigenvalue weighted by Crippen LogP contribution is -2.43. The Balaban J connectivity index is 3.08. The lowest BCUT2D eigenvalue weighted by molar-refractivity contribution is 0.491. The number of hydrogen-bond donors (Lipinski definition) is 1. The molecule has 0 aromatic heterocycles. The van der Waals surface area contributed by atoms with Crippen LogP contribution in [0.1, 0.15) is 20.8 Å². The molecule has 5 heteroatoms. The van der Waals surface area contributed by atoms with Gasteiger partial charge in [-0.15, -0.1) is 0 Å². The van der Waals surface area contributed by atoms with Gasteiger partial charge < -0.3 is 10.2 Å². The van der Waals surface area contributed by atoms with Crippen LogP contribution in [0.5, 0.6) is 5.75 Å². The number of rotatable bonds is 2. The van der Waals surface area contributed by atoms with Crippen molar-refractivity contribution in [2.75, 3.05) is 5.73 Å². The Morgan fingerprint density at radius 2 is 1.82 bits per heavy atom. The Bertz CT molecular complexity index is 429. The zero-order valence-electron chi connectivity index (χ0n) is 10.9. The molecular formula is C12H19ClFNOSi. The van der Waals surface area contributed by atoms with Crippen LogP contribution in [0.4, 0.5) is 10.1 Å². The zero-order chi connectivity index (χ0) is 13.4. The fraction of sp³-hybridized carbons (Fsp3) is 0.500. The Labute approximate surface area is 108 Å². The summed E-state index contributed by atoms with van der Waals surface area (Å²) in [5.74, 6) is -0.0465. The largest absolute Gasteiger partial charge is 0.542 e. The van der Waals surface area contributed by atoms with Gasteiger partial charge in [0, 0.05) is 6.07 Å². The van der Waals surface area contributed by atoms with Gasteiger partial charge in [0.25, 0.3) is 8.32 Å². The first-order valence-corrected chi connectivity index (χ1v) is 8.77. The molecule has 0 aliphatic rings. The summed E-state index contributed by atoms with van der Waals surface area (Å²) in [6, 6.07) is 2.65. The summed E-state index contributed by atoms with van der Waals surface area (Å²) in [7, 11) is -1.98. The lowest BCUT2D eigenvalue weighted by Gasteiger charge is -2.36. The van der Waals surface area contributed by atoms with E-state index in [1.165, 1.54) is 12.1 Å². The monoisotopic (exact) mass is 275 g/mol. The van der Waals surface area contributed by atoms with E-state index in [9.17, 15) is 4.39 Å². The summed E-state index contributed by atoms with van der Waals surface area (Å²) in [6.07, 6.45) is 0. The van der Waals surface area contributed by atoms with Crippen LogP contribution in [0.15, 0.2) is 12.1 Å². The van der Waals surface area contributed by atoms with Crippen LogP contribution in [0, 0.1) is 5.82 Å². The molecule has 1 aromatic carbocycles. The van der Waals surface area contributed by atoms with Gasteiger partial charge in [-0.25, -0.2) is 4.39 Å². The molecule has 17 heavy (non-hydrogen) atoms. The third-order valence-corrected chi connectivity index (χ3v) is 7.86. The molecule has 2 nitrogen and oxygen atoms in total. The number of anilines is 1. The van der Waals surface area contributed by atoms with Crippen molar-refractivity contribution in [1.29, 1.82) is 0 Å². The molecule has 0 heterocycles. The maximum atomic E-state index is 13.2. The first-order valence-electron chi connectivity index (χ1n) is 5.48. The van der Waals surface area contributed by atoms with Crippen LogP contribution in [0.25, 0.3) is 0 Å². The smallest absolute Gasteiger partial charge is 0.250 e. The SMILES string of the molecule is CC(C)(C)[Si](C)(C)Oc1cc(N)c(F)cc1Cl. The second-order valence-corrected chi connectivity index (χ2v) is 10.8. The van der Waals surface area contributed by atoms with E-state index in [4.69, 9.17) is 21.8 Å². The fourth-order valence-electron chi connectivity index (χ4n) is 1.05. The number of halogens is 2. The van der Waals surface area contributed by atoms with Gasteiger partial charge in [0.05, 0.1) is 10.7 Å². The highest BCUT2D eigenvalue weighted by Gasteiger charge is 2.39. The molecule has 0 aliphatic carbocycles. The molecule has 0 spiro atoms. The van der Waals surface area contributed by atoms with Crippen molar-refractivity contribution in [3.05, 3.63) is 23.0 Å². The Hall–Kier alpha value is -0.743. The molecule has 0 amide bonds. The van der Waals surface area contributed by atoms with Gasteiger partial charge in [-0.3, -0.25) is 0 Å². The molecule has 2 N–H and O–H groups in total. The molecule has 0 bridgehead atoms. The topological polar surface area (TPSA) is 35.2 Å². The second-order valence-electron chi connectivity index (χ2n) is 5.67. The molecule has 0 saturated carbocycles. The third kappa shape index (κ3) is 3.13. The van der Waals surface area contributed by atoms with Crippen molar-refractivity contribution < 1.29 is 8.82 Å². The highest BCUT2D eigenvalue weighted by atomic mass is 35.5. The van der Waals surface area contributed by atoms with Gasteiger partial charge in [0.2, 0.25) is 0 Å². The van der Waals surface area contributed by atoms with Crippen molar-refractivity contribution in [3.63, 3.8) is 0 Å². The average Bonchev–Trinajstić information content (AvgIpc) is 2.12. The molecule has 0 aliphatic heterocycles. The van der Waals surface area contributed by atoms with E-state index < -0.39 is 14.1 Å². The lowest BCUT2D eigenvalue weighted by atomic mass is 10.2. The summed E-state index contributed by atoms with van der Waals surface area (Å²) in [6.45, 7) is 10.6. The van der Waals surface area contributed by atoms with Crippen molar-refractivity contribution >= 4 is 25.6 Å². The second kappa shape index (κ2) is 4.50. The minimum Gasteiger partial charge on any atom is -0.542 e. The van der Waals surface area contributed by atoms with E-state index in [1.807, 2.05) is 0 Å². The molecule has 0 saturated heterocycles. The maximum absolute atomic E-state index is 13.2. The van der Waals surface area contributed by atoms with Crippen LogP contribution in [-0.4, -0.2) is 8.32 Å². The molecule has 1 rings (SSSR count). The van der Waals surface area contributed by atoms with Crippen LogP contribution in [0.3, 0.4) is 0 Å². The van der Waals surface area contributed by atoms with Gasteiger partial charge in [-0.05, 0) is 24.2 Å². The Kier molecular flexibility index (Phi) is 3.79. The number of nitrogen functional groups attached to an aromatic ring is 1. The van der Waals surface area contributed by atoms with Crippen molar-refractivity contribution in [2.45, 2.75) is 38.9 Å². The minimum absolute atomic E-state index is 0.0550. The van der Waals surface area contributed by atoms with Gasteiger partial charge in [-0.1, -0.05) is 32.4 Å². The van der Waals surface area contributed by atoms with Crippen LogP contribution in [0.2, 0.25) is 23.2 Å². The van der Waals surface area contributed by atoms with Crippen molar-refractivity contribution in [1.82, 2.24) is 0 Å². The van der Waals surface area contributed by atoms with Gasteiger partial charge in [-0.2, -0.15) is 0 Å². The zero-order valence-corrected chi connectivity index (χ0v) is 12.7. The fourth-order valence-corrected chi connectivity index (χ4v) is 2.33. The highest BCUT2D eigenvalue weighted by molar-refractivity contribution is 6.74. The molecule has 0 unspecified atom stereocenters. The van der Waals surface area contributed by atoms with E-state index in [1.54, 1.807) is 0 Å². The van der Waals surface area contributed by atoms with Crippen LogP contribution >= 0.6 is 11.6 Å². The van der Waals surface area contributed by atoms with E-state index in [-0.39, 0.29) is 15.7 Å². The summed E-state index contributed by atoms with van der Waals surface area (Å²) >= 11 is 5.96. The first kappa shape index (κ1) is 14.3. The number of nitrogens with two attached hydrogens (primary N) is 1. The summed E-state index contributed by atoms with van der Waals surface area (Å²) < 4.78 is 19.2. The maximum Gasteiger partial charge on any atom is 0.250 e. The molecule has 0 radical (unpaired) electrons. The van der Waals surface area contributed by atoms with Crippen molar-refractivity contribution in [3.8, 4) is 5.75 Å². The Morgan fingerprint density at radius 1 is 1.29 bits per heavy atom. The van der Waals surface area contributed by atoms with E-state index in [2.05, 4.69) is 33.9 Å². The Morgan fingerprint density at radius 3 is 2.29 bits per heavy atom. The van der Waals surface area contributed by atoms with E-state index in [0.29, 0.717) is 5.75 Å². The standard InChI is InChI=1S/C12H19ClFNOSi/c1-12(2,3)17(4,5)16-11-7-10(15)9(14)6-8(11)13/h6-7H,15H2,1-5H3. The van der Waals surface area contributed by atoms with Gasteiger partial charge in [0.1, 0.15) is 11.6 Å². The molecule has 0 atom stereocenters. The van der Waals surface area contributed by atoms with Gasteiger partial charge >= 0.3 is 0 Å². The summed E-state index contributed by atoms with van der Waals surface area (Å²) in [4.78, 5) is 0. The van der Waals surface area contributed by atoms with E-state index >= 15 is 0 Å². The molecule has 1 aromatic rings. The van der Waals surface area contributed by atoms with Crippen LogP contribution in [-0.2, 0) is 0 Å². The summed E-state index contributed by atoms with van der Waals surface area (Å²) in [5, 5.41) is 0.320. The van der Waals surface area contributed by atoms with Crippen LogP contribution < -0.4 is 10.2 Å². The quantitative estimate of drug-likeness (QED) is 0.639. The highest BCUT2D eigenvalue weighted by Crippen LogP contribution is 2.40.